The number of halogens is 3. The van der Waals surface area contributed by atoms with E-state index >= 15 is 0 Å². The predicted octanol–water partition coefficient (Wildman–Crippen LogP) is 5.47. The first-order valence-corrected chi connectivity index (χ1v) is 12.1. The molecule has 7 heteroatoms. The Kier molecular flexibility index (Phi) is 10.5. The number of rotatable bonds is 5. The largest absolute Gasteiger partial charge is 0.324 e. The van der Waals surface area contributed by atoms with E-state index in [0.717, 1.165) is 31.3 Å². The number of nitrogens with two attached hydrogens (primary N) is 1. The van der Waals surface area contributed by atoms with Gasteiger partial charge in [-0.15, -0.1) is 0 Å². The standard InChI is InChI=1S/C18H19F3N2.C6H10O.C2H6S/c1-23-10-15(20)18(22)16(23)9-12-5-3-7-14(17(12)21)11-4-2-6-13(19)8-11;1-2-6(5-7)3-4-6;1-2-3/h2-8,15-16,18H,9-10,22H2,1H3;5H,2-4H2,1H3;3H,2H2,1H3. The molecule has 2 aromatic carbocycles. The Bertz CT molecular complexity index is 907. The van der Waals surface area contributed by atoms with Crippen molar-refractivity contribution in [2.75, 3.05) is 19.3 Å². The number of nitrogens with zero attached hydrogens (tertiary/aromatic N) is 1. The third-order valence-corrected chi connectivity index (χ3v) is 6.38. The summed E-state index contributed by atoms with van der Waals surface area (Å²) in [6, 6.07) is 9.97. The van der Waals surface area contributed by atoms with E-state index in [1.165, 1.54) is 12.1 Å². The number of likely N-dealkylation sites (tertiary alicyclic amines) is 1. The minimum atomic E-state index is -1.10. The SMILES string of the molecule is CCC1(C=O)CC1.CCS.CN1CC(F)C(N)C1Cc1cccc(-c2cccc(F)c2)c1F. The van der Waals surface area contributed by atoms with Crippen molar-refractivity contribution in [2.24, 2.45) is 11.1 Å². The third kappa shape index (κ3) is 7.33. The van der Waals surface area contributed by atoms with Gasteiger partial charge in [-0.25, -0.2) is 13.2 Å². The molecular weight excluding hydrogens is 445 g/mol. The first-order chi connectivity index (χ1) is 15.7. The molecule has 2 N–H and O–H groups in total. The average Bonchev–Trinajstić information content (AvgIpc) is 3.55. The minimum Gasteiger partial charge on any atom is -0.324 e. The van der Waals surface area contributed by atoms with Crippen LogP contribution in [0.5, 0.6) is 0 Å². The molecule has 4 rings (SSSR count). The van der Waals surface area contributed by atoms with E-state index in [-0.39, 0.29) is 18.0 Å². The van der Waals surface area contributed by atoms with Gasteiger partial charge < -0.3 is 10.5 Å². The van der Waals surface area contributed by atoms with Gasteiger partial charge in [0.2, 0.25) is 0 Å². The second-order valence-electron chi connectivity index (χ2n) is 8.74. The Morgan fingerprint density at radius 3 is 2.27 bits per heavy atom. The van der Waals surface area contributed by atoms with Crippen molar-refractivity contribution in [1.82, 2.24) is 4.90 Å². The highest BCUT2D eigenvalue weighted by atomic mass is 32.1. The van der Waals surface area contributed by atoms with Gasteiger partial charge in [0.15, 0.2) is 0 Å². The normalized spacial score (nSPS) is 23.1. The molecule has 3 nitrogen and oxygen atoms in total. The van der Waals surface area contributed by atoms with Crippen LogP contribution in [-0.2, 0) is 11.2 Å². The van der Waals surface area contributed by atoms with Crippen molar-refractivity contribution in [3.63, 3.8) is 0 Å². The van der Waals surface area contributed by atoms with Gasteiger partial charge in [0.1, 0.15) is 24.1 Å². The highest BCUT2D eigenvalue weighted by Gasteiger charge is 2.40. The van der Waals surface area contributed by atoms with Crippen molar-refractivity contribution in [3.05, 3.63) is 59.7 Å². The summed E-state index contributed by atoms with van der Waals surface area (Å²) in [7, 11) is 1.79. The van der Waals surface area contributed by atoms with Crippen LogP contribution < -0.4 is 5.73 Å². The Labute approximate surface area is 201 Å². The fourth-order valence-electron chi connectivity index (χ4n) is 3.92. The smallest absolute Gasteiger partial charge is 0.134 e. The number of aldehydes is 1. The number of likely N-dealkylation sites (N-methyl/N-ethyl adjacent to an activating group) is 1. The lowest BCUT2D eigenvalue weighted by Crippen LogP contribution is -2.41. The lowest BCUT2D eigenvalue weighted by Gasteiger charge is -2.23. The number of carbonyl (C=O) groups is 1. The van der Waals surface area contributed by atoms with Gasteiger partial charge in [0.25, 0.3) is 0 Å². The molecule has 33 heavy (non-hydrogen) atoms. The molecule has 1 heterocycles. The van der Waals surface area contributed by atoms with E-state index in [4.69, 9.17) is 5.73 Å². The van der Waals surface area contributed by atoms with Crippen LogP contribution in [0.2, 0.25) is 0 Å². The fourth-order valence-corrected chi connectivity index (χ4v) is 3.92. The first-order valence-electron chi connectivity index (χ1n) is 11.4. The molecule has 1 saturated carbocycles. The molecule has 3 unspecified atom stereocenters. The quantitative estimate of drug-likeness (QED) is 0.441. The summed E-state index contributed by atoms with van der Waals surface area (Å²) >= 11 is 3.79. The summed E-state index contributed by atoms with van der Waals surface area (Å²) < 4.78 is 41.9. The number of hydrogen-bond donors (Lipinski definition) is 2. The molecule has 2 aromatic rings. The number of alkyl halides is 1. The fraction of sp³-hybridized carbons (Fsp3) is 0.500. The highest BCUT2D eigenvalue weighted by molar-refractivity contribution is 7.80. The van der Waals surface area contributed by atoms with Crippen LogP contribution in [0, 0.1) is 17.0 Å². The molecule has 0 spiro atoms. The Hall–Kier alpha value is -1.83. The zero-order chi connectivity index (χ0) is 24.6. The molecule has 0 bridgehead atoms. The summed E-state index contributed by atoms with van der Waals surface area (Å²) in [4.78, 5) is 11.9. The summed E-state index contributed by atoms with van der Waals surface area (Å²) in [5.74, 6) is 0.131. The van der Waals surface area contributed by atoms with E-state index in [1.54, 1.807) is 37.4 Å². The first kappa shape index (κ1) is 27.4. The molecule has 1 saturated heterocycles. The summed E-state index contributed by atoms with van der Waals surface area (Å²) in [6.07, 6.45) is 3.63. The van der Waals surface area contributed by atoms with Gasteiger partial charge in [0, 0.05) is 23.6 Å². The van der Waals surface area contributed by atoms with Gasteiger partial charge in [-0.3, -0.25) is 4.90 Å². The van der Waals surface area contributed by atoms with Crippen LogP contribution in [0.3, 0.4) is 0 Å². The van der Waals surface area contributed by atoms with Crippen molar-refractivity contribution < 1.29 is 18.0 Å². The molecular formula is C26H35F3N2OS. The number of benzene rings is 2. The van der Waals surface area contributed by atoms with Crippen molar-refractivity contribution >= 4 is 18.9 Å². The Morgan fingerprint density at radius 2 is 1.82 bits per heavy atom. The molecule has 0 amide bonds. The second kappa shape index (κ2) is 12.6. The number of thiol groups is 1. The van der Waals surface area contributed by atoms with E-state index in [1.807, 2.05) is 11.8 Å². The van der Waals surface area contributed by atoms with Gasteiger partial charge in [0.05, 0.1) is 6.04 Å². The molecule has 0 radical (unpaired) electrons. The molecule has 182 valence electrons. The zero-order valence-electron chi connectivity index (χ0n) is 19.6. The van der Waals surface area contributed by atoms with Crippen molar-refractivity contribution in [3.8, 4) is 11.1 Å². The van der Waals surface area contributed by atoms with Crippen LogP contribution in [0.4, 0.5) is 13.2 Å². The number of hydrogen-bond acceptors (Lipinski definition) is 4. The molecule has 2 aliphatic rings. The third-order valence-electron chi connectivity index (χ3n) is 6.38. The Balaban J connectivity index is 0.000000321. The summed E-state index contributed by atoms with van der Waals surface area (Å²) in [5.41, 5.74) is 7.33. The predicted molar refractivity (Wildman–Crippen MR) is 132 cm³/mol. The van der Waals surface area contributed by atoms with Crippen LogP contribution in [0.15, 0.2) is 42.5 Å². The zero-order valence-corrected chi connectivity index (χ0v) is 20.5. The highest BCUT2D eigenvalue weighted by Crippen LogP contribution is 2.46. The van der Waals surface area contributed by atoms with E-state index in [2.05, 4.69) is 19.6 Å². The van der Waals surface area contributed by atoms with Crippen LogP contribution in [-0.4, -0.2) is 48.8 Å². The van der Waals surface area contributed by atoms with Gasteiger partial charge in [-0.05, 0) is 61.7 Å². The maximum absolute atomic E-state index is 14.8. The average molecular weight is 481 g/mol. The second-order valence-corrected chi connectivity index (χ2v) is 9.38. The van der Waals surface area contributed by atoms with Gasteiger partial charge in [-0.1, -0.05) is 44.2 Å². The topological polar surface area (TPSA) is 46.3 Å². The minimum absolute atomic E-state index is 0.153. The molecule has 0 aromatic heterocycles. The molecule has 1 aliphatic carbocycles. The summed E-state index contributed by atoms with van der Waals surface area (Å²) in [6.45, 7) is 4.32. The molecule has 1 aliphatic heterocycles. The monoisotopic (exact) mass is 480 g/mol. The molecule has 2 fully saturated rings. The van der Waals surface area contributed by atoms with Crippen LogP contribution in [0.25, 0.3) is 11.1 Å². The maximum Gasteiger partial charge on any atom is 0.134 e. The van der Waals surface area contributed by atoms with Crippen LogP contribution >= 0.6 is 12.6 Å². The molecule has 3 atom stereocenters. The van der Waals surface area contributed by atoms with Gasteiger partial charge in [-0.2, -0.15) is 12.6 Å². The maximum atomic E-state index is 14.8. The van der Waals surface area contributed by atoms with Crippen molar-refractivity contribution in [1.29, 1.82) is 0 Å². The van der Waals surface area contributed by atoms with E-state index < -0.39 is 23.8 Å². The van der Waals surface area contributed by atoms with Gasteiger partial charge >= 0.3 is 0 Å². The Morgan fingerprint density at radius 1 is 1.18 bits per heavy atom. The van der Waals surface area contributed by atoms with Crippen molar-refractivity contribution in [2.45, 2.75) is 57.8 Å². The van der Waals surface area contributed by atoms with Crippen LogP contribution in [0.1, 0.15) is 38.7 Å². The summed E-state index contributed by atoms with van der Waals surface area (Å²) in [5, 5.41) is 0. The lowest BCUT2D eigenvalue weighted by atomic mass is 9.96. The lowest BCUT2D eigenvalue weighted by molar-refractivity contribution is -0.112. The van der Waals surface area contributed by atoms with E-state index in [9.17, 15) is 18.0 Å². The number of carbonyl (C=O) groups excluding carboxylic acids is 1. The van der Waals surface area contributed by atoms with E-state index in [0.29, 0.717) is 23.1 Å².